The molecule has 2 aliphatic rings. The van der Waals surface area contributed by atoms with Crippen LogP contribution in [0.3, 0.4) is 0 Å². The van der Waals surface area contributed by atoms with Crippen LogP contribution in [0, 0.1) is 0 Å². The highest BCUT2D eigenvalue weighted by Gasteiger charge is 2.61. The Balaban J connectivity index is 2.16. The zero-order valence-electron chi connectivity index (χ0n) is 7.33. The molecule has 2 heteroatoms. The lowest BCUT2D eigenvalue weighted by atomic mass is 9.98. The van der Waals surface area contributed by atoms with E-state index in [1.165, 1.54) is 11.1 Å². The molecule has 0 saturated heterocycles. The van der Waals surface area contributed by atoms with Gasteiger partial charge in [-0.15, -0.1) is 0 Å². The van der Waals surface area contributed by atoms with Crippen molar-refractivity contribution in [2.24, 2.45) is 5.73 Å². The minimum Gasteiger partial charge on any atom is -0.327 e. The zero-order valence-corrected chi connectivity index (χ0v) is 8.92. The van der Waals surface area contributed by atoms with E-state index in [9.17, 15) is 0 Å². The Morgan fingerprint density at radius 2 is 2.08 bits per heavy atom. The molecule has 2 aliphatic carbocycles. The maximum Gasteiger partial charge on any atom is 0.0298 e. The first kappa shape index (κ1) is 8.01. The summed E-state index contributed by atoms with van der Waals surface area (Å²) in [4.78, 5) is 0.562. The summed E-state index contributed by atoms with van der Waals surface area (Å²) in [5, 5.41) is 0. The summed E-state index contributed by atoms with van der Waals surface area (Å²) in [5.74, 6) is 0. The van der Waals surface area contributed by atoms with Crippen molar-refractivity contribution in [1.29, 1.82) is 0 Å². The largest absolute Gasteiger partial charge is 0.327 e. The van der Waals surface area contributed by atoms with E-state index in [0.717, 1.165) is 12.8 Å². The highest BCUT2D eigenvalue weighted by Crippen LogP contribution is 2.58. The fourth-order valence-electron chi connectivity index (χ4n) is 2.67. The highest BCUT2D eigenvalue weighted by atomic mass is 79.9. The smallest absolute Gasteiger partial charge is 0.0298 e. The second kappa shape index (κ2) is 2.37. The normalized spacial score (nSPS) is 40.8. The Bertz CT molecular complexity index is 363. The molecule has 1 spiro atoms. The van der Waals surface area contributed by atoms with Gasteiger partial charge in [-0.3, -0.25) is 0 Å². The van der Waals surface area contributed by atoms with Crippen molar-refractivity contribution >= 4 is 15.9 Å². The molecule has 13 heavy (non-hydrogen) atoms. The van der Waals surface area contributed by atoms with E-state index < -0.39 is 0 Å². The molecule has 0 amide bonds. The Hall–Kier alpha value is -0.340. The maximum absolute atomic E-state index is 6.04. The molecule has 1 fully saturated rings. The molecule has 1 nitrogen and oxygen atoms in total. The molecule has 0 radical (unpaired) electrons. The summed E-state index contributed by atoms with van der Waals surface area (Å²) in [7, 11) is 0. The van der Waals surface area contributed by atoms with Crippen molar-refractivity contribution in [2.45, 2.75) is 29.1 Å². The van der Waals surface area contributed by atoms with E-state index >= 15 is 0 Å². The van der Waals surface area contributed by atoms with E-state index in [2.05, 4.69) is 40.2 Å². The van der Waals surface area contributed by atoms with Crippen LogP contribution in [-0.4, -0.2) is 10.9 Å². The van der Waals surface area contributed by atoms with Crippen molar-refractivity contribution < 1.29 is 0 Å². The van der Waals surface area contributed by atoms with Gasteiger partial charge in [0.25, 0.3) is 0 Å². The quantitative estimate of drug-likeness (QED) is 0.687. The fourth-order valence-corrected chi connectivity index (χ4v) is 3.79. The molecule has 1 aromatic rings. The first-order valence-corrected chi connectivity index (χ1v) is 5.65. The standard InChI is InChI=1S/C11H12BrN/c12-9-5-7-3-1-2-4-8(7)11(9)6-10(11)13/h1-4,9-10H,5-6,13H2. The molecule has 0 aromatic heterocycles. The van der Waals surface area contributed by atoms with Gasteiger partial charge in [0.15, 0.2) is 0 Å². The zero-order chi connectivity index (χ0) is 9.05. The molecule has 68 valence electrons. The van der Waals surface area contributed by atoms with Gasteiger partial charge in [-0.25, -0.2) is 0 Å². The number of benzene rings is 1. The highest BCUT2D eigenvalue weighted by molar-refractivity contribution is 9.09. The van der Waals surface area contributed by atoms with Gasteiger partial charge in [-0.2, -0.15) is 0 Å². The van der Waals surface area contributed by atoms with Crippen LogP contribution < -0.4 is 5.73 Å². The Morgan fingerprint density at radius 1 is 1.38 bits per heavy atom. The number of rotatable bonds is 0. The molecule has 3 atom stereocenters. The van der Waals surface area contributed by atoms with Crippen molar-refractivity contribution in [1.82, 2.24) is 0 Å². The van der Waals surface area contributed by atoms with Gasteiger partial charge in [0.1, 0.15) is 0 Å². The molecule has 1 saturated carbocycles. The van der Waals surface area contributed by atoms with Gasteiger partial charge in [0, 0.05) is 16.3 Å². The van der Waals surface area contributed by atoms with Crippen LogP contribution in [-0.2, 0) is 11.8 Å². The molecule has 0 aliphatic heterocycles. The van der Waals surface area contributed by atoms with Crippen LogP contribution in [0.1, 0.15) is 17.5 Å². The van der Waals surface area contributed by atoms with Crippen LogP contribution in [0.2, 0.25) is 0 Å². The van der Waals surface area contributed by atoms with Crippen LogP contribution in [0.25, 0.3) is 0 Å². The average Bonchev–Trinajstić information content (AvgIpc) is 2.71. The van der Waals surface area contributed by atoms with Crippen LogP contribution >= 0.6 is 15.9 Å². The van der Waals surface area contributed by atoms with E-state index in [1.54, 1.807) is 0 Å². The minimum atomic E-state index is 0.288. The Morgan fingerprint density at radius 3 is 2.77 bits per heavy atom. The molecule has 0 heterocycles. The van der Waals surface area contributed by atoms with Gasteiger partial charge < -0.3 is 5.73 Å². The average molecular weight is 238 g/mol. The van der Waals surface area contributed by atoms with Crippen LogP contribution in [0.15, 0.2) is 24.3 Å². The number of alkyl halides is 1. The summed E-state index contributed by atoms with van der Waals surface area (Å²) in [6.07, 6.45) is 2.30. The number of hydrogen-bond acceptors (Lipinski definition) is 1. The van der Waals surface area contributed by atoms with Gasteiger partial charge in [-0.1, -0.05) is 40.2 Å². The molecular formula is C11H12BrN. The van der Waals surface area contributed by atoms with Crippen molar-refractivity contribution in [3.8, 4) is 0 Å². The summed E-state index contributed by atoms with van der Waals surface area (Å²) in [5.41, 5.74) is 9.30. The molecular weight excluding hydrogens is 226 g/mol. The van der Waals surface area contributed by atoms with E-state index in [4.69, 9.17) is 5.73 Å². The van der Waals surface area contributed by atoms with Crippen molar-refractivity contribution in [3.05, 3.63) is 35.4 Å². The summed E-state index contributed by atoms with van der Waals surface area (Å²) >= 11 is 3.76. The van der Waals surface area contributed by atoms with Crippen LogP contribution in [0.4, 0.5) is 0 Å². The Kier molecular flexibility index (Phi) is 1.46. The van der Waals surface area contributed by atoms with E-state index in [1.807, 2.05) is 0 Å². The summed E-state index contributed by atoms with van der Waals surface area (Å²) < 4.78 is 0. The lowest BCUT2D eigenvalue weighted by Crippen LogP contribution is -2.23. The van der Waals surface area contributed by atoms with Gasteiger partial charge >= 0.3 is 0 Å². The monoisotopic (exact) mass is 237 g/mol. The number of nitrogens with two attached hydrogens (primary N) is 1. The van der Waals surface area contributed by atoms with Crippen molar-refractivity contribution in [3.63, 3.8) is 0 Å². The minimum absolute atomic E-state index is 0.288. The second-order valence-electron chi connectivity index (χ2n) is 4.18. The molecule has 3 rings (SSSR count). The van der Waals surface area contributed by atoms with E-state index in [0.29, 0.717) is 10.9 Å². The number of hydrogen-bond donors (Lipinski definition) is 1. The first-order valence-electron chi connectivity index (χ1n) is 4.73. The second-order valence-corrected chi connectivity index (χ2v) is 5.29. The predicted molar refractivity (Wildman–Crippen MR) is 57.1 cm³/mol. The third-order valence-electron chi connectivity index (χ3n) is 3.54. The van der Waals surface area contributed by atoms with E-state index in [-0.39, 0.29) is 5.41 Å². The first-order chi connectivity index (χ1) is 6.25. The van der Waals surface area contributed by atoms with Crippen molar-refractivity contribution in [2.75, 3.05) is 0 Å². The topological polar surface area (TPSA) is 26.0 Å². The lowest BCUT2D eigenvalue weighted by molar-refractivity contribution is 0.677. The Labute approximate surface area is 86.5 Å². The van der Waals surface area contributed by atoms with Gasteiger partial charge in [0.05, 0.1) is 0 Å². The molecule has 1 aromatic carbocycles. The van der Waals surface area contributed by atoms with Gasteiger partial charge in [0.2, 0.25) is 0 Å². The number of halogens is 1. The maximum atomic E-state index is 6.04. The predicted octanol–water partition coefficient (Wildman–Crippen LogP) is 1.97. The third-order valence-corrected chi connectivity index (χ3v) is 4.68. The fraction of sp³-hybridized carbons (Fsp3) is 0.455. The molecule has 2 N–H and O–H groups in total. The number of fused-ring (bicyclic) bond motifs is 2. The summed E-state index contributed by atoms with van der Waals surface area (Å²) in [6, 6.07) is 9.08. The third kappa shape index (κ3) is 0.856. The lowest BCUT2D eigenvalue weighted by Gasteiger charge is -2.13. The van der Waals surface area contributed by atoms with Crippen LogP contribution in [0.5, 0.6) is 0 Å². The SMILES string of the molecule is NC1CC12c1ccccc1CC2Br. The molecule has 3 unspecified atom stereocenters. The molecule has 0 bridgehead atoms. The van der Waals surface area contributed by atoms with Gasteiger partial charge in [-0.05, 0) is 24.0 Å². The summed E-state index contributed by atoms with van der Waals surface area (Å²) in [6.45, 7) is 0.